The summed E-state index contributed by atoms with van der Waals surface area (Å²) >= 11 is 0. The number of hydrogen-bond acceptors (Lipinski definition) is 1. The maximum Gasteiger partial charge on any atom is 0.416 e. The molecule has 5 rings (SSSR count). The van der Waals surface area contributed by atoms with E-state index in [2.05, 4.69) is 9.97 Å². The Morgan fingerprint density at radius 2 is 1.21 bits per heavy atom. The Bertz CT molecular complexity index is 1550. The maximum absolute atomic E-state index is 13.9. The fraction of sp³-hybridized carbons (Fsp3) is 0.370. The summed E-state index contributed by atoms with van der Waals surface area (Å²) in [5, 5.41) is 0.0568. The molecule has 0 atom stereocenters. The number of hydrogen-bond donors (Lipinski definition) is 1. The second-order valence-electron chi connectivity index (χ2n) is 10.7. The Morgan fingerprint density at radius 1 is 0.684 bits per heavy atom. The smallest absolute Gasteiger partial charge is 0.353 e. The van der Waals surface area contributed by atoms with Crippen LogP contribution in [-0.2, 0) is 16.2 Å². The van der Waals surface area contributed by atoms with Crippen molar-refractivity contribution in [1.82, 2.24) is 9.97 Å². The SMILES string of the molecule is CC1(C)c2ccccc2C(C)(C)c2c1ncc1[nH]c3ccc(C(C(F)(F)F)(C(F)(F)F)C(F)(F)F)cc3c21. The molecular weight excluding hydrogens is 523 g/mol. The van der Waals surface area contributed by atoms with E-state index in [1.807, 2.05) is 52.0 Å². The molecule has 0 fully saturated rings. The Balaban J connectivity index is 1.94. The molecule has 2 nitrogen and oxygen atoms in total. The third kappa shape index (κ3) is 3.13. The molecule has 4 aromatic rings. The number of aromatic nitrogens is 2. The van der Waals surface area contributed by atoms with Crippen LogP contribution in [-0.4, -0.2) is 28.5 Å². The lowest BCUT2D eigenvalue weighted by atomic mass is 9.61. The number of nitrogens with zero attached hydrogens (tertiary/aromatic N) is 1. The van der Waals surface area contributed by atoms with E-state index >= 15 is 0 Å². The zero-order valence-electron chi connectivity index (χ0n) is 20.5. The zero-order valence-corrected chi connectivity index (χ0v) is 20.5. The van der Waals surface area contributed by atoms with Gasteiger partial charge in [-0.2, -0.15) is 39.5 Å². The molecule has 0 unspecified atom stereocenters. The number of nitrogens with one attached hydrogen (secondary N) is 1. The second-order valence-corrected chi connectivity index (χ2v) is 10.7. The molecule has 0 saturated heterocycles. The molecule has 1 aliphatic rings. The van der Waals surface area contributed by atoms with E-state index < -0.39 is 40.3 Å². The van der Waals surface area contributed by atoms with Gasteiger partial charge in [-0.15, -0.1) is 0 Å². The largest absolute Gasteiger partial charge is 0.416 e. The molecule has 0 radical (unpaired) electrons. The van der Waals surface area contributed by atoms with E-state index in [-0.39, 0.29) is 27.9 Å². The summed E-state index contributed by atoms with van der Waals surface area (Å²) in [5.74, 6) is 0. The molecule has 11 heteroatoms. The second kappa shape index (κ2) is 7.45. The molecule has 0 bridgehead atoms. The zero-order chi connectivity index (χ0) is 28.3. The quantitative estimate of drug-likeness (QED) is 0.239. The molecule has 2 aromatic carbocycles. The van der Waals surface area contributed by atoms with Crippen LogP contribution < -0.4 is 0 Å². The van der Waals surface area contributed by atoms with E-state index in [0.29, 0.717) is 17.3 Å². The Morgan fingerprint density at radius 3 is 1.74 bits per heavy atom. The van der Waals surface area contributed by atoms with Crippen molar-refractivity contribution in [2.24, 2.45) is 0 Å². The summed E-state index contributed by atoms with van der Waals surface area (Å²) in [6, 6.07) is 8.88. The lowest BCUT2D eigenvalue weighted by Crippen LogP contribution is -2.63. The monoisotopic (exact) mass is 544 g/mol. The Kier molecular flexibility index (Phi) is 5.17. The highest BCUT2D eigenvalue weighted by molar-refractivity contribution is 6.10. The first-order valence-corrected chi connectivity index (χ1v) is 11.5. The van der Waals surface area contributed by atoms with Gasteiger partial charge in [0.05, 0.1) is 17.4 Å². The number of rotatable bonds is 1. The van der Waals surface area contributed by atoms with Gasteiger partial charge >= 0.3 is 18.5 Å². The molecule has 2 aromatic heterocycles. The van der Waals surface area contributed by atoms with Crippen molar-refractivity contribution in [3.63, 3.8) is 0 Å². The van der Waals surface area contributed by atoms with Crippen molar-refractivity contribution in [3.05, 3.63) is 76.6 Å². The van der Waals surface area contributed by atoms with E-state index in [9.17, 15) is 39.5 Å². The minimum Gasteiger partial charge on any atom is -0.353 e. The summed E-state index contributed by atoms with van der Waals surface area (Å²) in [6.07, 6.45) is -18.7. The first-order chi connectivity index (χ1) is 17.3. The summed E-state index contributed by atoms with van der Waals surface area (Å²) in [7, 11) is 0. The van der Waals surface area contributed by atoms with Crippen molar-refractivity contribution in [3.8, 4) is 0 Å². The number of halogens is 9. The van der Waals surface area contributed by atoms with Crippen molar-refractivity contribution >= 4 is 21.8 Å². The number of benzene rings is 2. The van der Waals surface area contributed by atoms with E-state index in [1.165, 1.54) is 6.20 Å². The van der Waals surface area contributed by atoms with Crippen LogP contribution in [0.15, 0.2) is 48.7 Å². The maximum atomic E-state index is 13.9. The van der Waals surface area contributed by atoms with Gasteiger partial charge in [0, 0.05) is 27.1 Å². The van der Waals surface area contributed by atoms with Crippen LogP contribution in [0.4, 0.5) is 39.5 Å². The fourth-order valence-corrected chi connectivity index (χ4v) is 6.02. The predicted molar refractivity (Wildman–Crippen MR) is 124 cm³/mol. The summed E-state index contributed by atoms with van der Waals surface area (Å²) in [6.45, 7) is 7.46. The van der Waals surface area contributed by atoms with E-state index in [4.69, 9.17) is 0 Å². The number of pyridine rings is 1. The van der Waals surface area contributed by atoms with Crippen LogP contribution in [0.5, 0.6) is 0 Å². The lowest BCUT2D eigenvalue weighted by Gasteiger charge is -2.43. The first kappa shape index (κ1) is 26.4. The van der Waals surface area contributed by atoms with Gasteiger partial charge < -0.3 is 4.98 Å². The van der Waals surface area contributed by atoms with Crippen molar-refractivity contribution < 1.29 is 39.5 Å². The Hall–Kier alpha value is -3.24. The number of H-pyrrole nitrogens is 1. The molecule has 1 N–H and O–H groups in total. The third-order valence-corrected chi connectivity index (χ3v) is 7.84. The highest BCUT2D eigenvalue weighted by Gasteiger charge is 2.84. The molecule has 0 aliphatic heterocycles. The highest BCUT2D eigenvalue weighted by atomic mass is 19.4. The molecule has 2 heterocycles. The molecule has 0 spiro atoms. The molecule has 202 valence electrons. The van der Waals surface area contributed by atoms with Gasteiger partial charge in [-0.05, 0) is 34.4 Å². The van der Waals surface area contributed by atoms with Gasteiger partial charge in [-0.25, -0.2) is 0 Å². The van der Waals surface area contributed by atoms with E-state index in [0.717, 1.165) is 17.2 Å². The molecule has 38 heavy (non-hydrogen) atoms. The Labute approximate surface area is 210 Å². The molecule has 1 aliphatic carbocycles. The summed E-state index contributed by atoms with van der Waals surface area (Å²) in [5.41, 5.74) is -6.30. The van der Waals surface area contributed by atoms with Crippen LogP contribution in [0, 0.1) is 0 Å². The number of alkyl halides is 9. The van der Waals surface area contributed by atoms with Crippen LogP contribution in [0.3, 0.4) is 0 Å². The average molecular weight is 544 g/mol. The first-order valence-electron chi connectivity index (χ1n) is 11.5. The van der Waals surface area contributed by atoms with Gasteiger partial charge in [-0.3, -0.25) is 4.98 Å². The predicted octanol–water partition coefficient (Wildman–Crippen LogP) is 8.61. The molecule has 0 amide bonds. The lowest BCUT2D eigenvalue weighted by molar-refractivity contribution is -0.387. The van der Waals surface area contributed by atoms with Gasteiger partial charge in [0.15, 0.2) is 0 Å². The average Bonchev–Trinajstić information content (AvgIpc) is 3.13. The van der Waals surface area contributed by atoms with Crippen molar-refractivity contribution in [2.45, 2.75) is 62.5 Å². The highest BCUT2D eigenvalue weighted by Crippen LogP contribution is 2.61. The topological polar surface area (TPSA) is 28.7 Å². The van der Waals surface area contributed by atoms with Crippen molar-refractivity contribution in [2.75, 3.05) is 0 Å². The van der Waals surface area contributed by atoms with Crippen molar-refractivity contribution in [1.29, 1.82) is 0 Å². The third-order valence-electron chi connectivity index (χ3n) is 7.84. The van der Waals surface area contributed by atoms with Crippen LogP contribution >= 0.6 is 0 Å². The van der Waals surface area contributed by atoms with Crippen LogP contribution in [0.25, 0.3) is 21.8 Å². The number of aromatic amines is 1. The van der Waals surface area contributed by atoms with Gasteiger partial charge in [0.25, 0.3) is 5.41 Å². The molecular formula is C27H21F9N2. The minimum absolute atomic E-state index is 0.0897. The number of fused-ring (bicyclic) bond motifs is 6. The standard InChI is InChI=1S/C27H21F9N2/c1-22(2)15-7-5-6-8-16(15)23(3,4)21-20(22)19-14-11-13(9-10-17(14)38-18(19)12-37-21)24(25(28,29)30,26(31,32)33)27(34,35)36/h5-12,38H,1-4H3. The van der Waals surface area contributed by atoms with Gasteiger partial charge in [0.2, 0.25) is 0 Å². The summed E-state index contributed by atoms with van der Waals surface area (Å²) in [4.78, 5) is 7.51. The van der Waals surface area contributed by atoms with Gasteiger partial charge in [0.1, 0.15) is 0 Å². The molecule has 0 saturated carbocycles. The normalized spacial score (nSPS) is 17.5. The van der Waals surface area contributed by atoms with Gasteiger partial charge in [-0.1, -0.05) is 58.0 Å². The minimum atomic E-state index is -6.70. The van der Waals surface area contributed by atoms with E-state index in [1.54, 1.807) is 0 Å². The fourth-order valence-electron chi connectivity index (χ4n) is 6.02. The van der Waals surface area contributed by atoms with Crippen LogP contribution in [0.2, 0.25) is 0 Å². The summed E-state index contributed by atoms with van der Waals surface area (Å²) < 4.78 is 125. The van der Waals surface area contributed by atoms with Crippen LogP contribution in [0.1, 0.15) is 55.6 Å².